The Morgan fingerprint density at radius 2 is 2.06 bits per heavy atom. The first-order chi connectivity index (χ1) is 16.8. The predicted octanol–water partition coefficient (Wildman–Crippen LogP) is 6.22. The molecule has 1 N–H and O–H groups in total. The minimum absolute atomic E-state index is 0.148. The number of fused-ring (bicyclic) bond motifs is 1. The maximum atomic E-state index is 12.6. The number of methoxy groups -OCH3 is 1. The maximum Gasteiger partial charge on any atom is 0.345 e. The van der Waals surface area contributed by atoms with Crippen molar-refractivity contribution in [1.29, 1.82) is 0 Å². The smallest absolute Gasteiger partial charge is 0.345 e. The SMILES string of the molecule is CCOc1ccc(-c2coc3c(C)c(OC)c(/C(C)=C/C(=O)Nc4ncc([N+](=O)[O-])s4)cc23)cc1. The molecule has 0 saturated carbocycles. The van der Waals surface area contributed by atoms with Crippen LogP contribution in [-0.2, 0) is 4.79 Å². The Morgan fingerprint density at radius 3 is 2.69 bits per heavy atom. The van der Waals surface area contributed by atoms with Gasteiger partial charge < -0.3 is 13.9 Å². The third kappa shape index (κ3) is 4.87. The van der Waals surface area contributed by atoms with Gasteiger partial charge in [-0.15, -0.1) is 0 Å². The summed E-state index contributed by atoms with van der Waals surface area (Å²) in [6, 6.07) is 9.69. The van der Waals surface area contributed by atoms with Crippen molar-refractivity contribution in [3.8, 4) is 22.6 Å². The van der Waals surface area contributed by atoms with Crippen LogP contribution in [0.4, 0.5) is 10.1 Å². The summed E-state index contributed by atoms with van der Waals surface area (Å²) in [4.78, 5) is 26.8. The fourth-order valence-corrected chi connectivity index (χ4v) is 4.45. The molecule has 180 valence electrons. The Hall–Kier alpha value is -4.18. The third-order valence-electron chi connectivity index (χ3n) is 5.40. The van der Waals surface area contributed by atoms with E-state index in [1.807, 2.05) is 44.2 Å². The first-order valence-corrected chi connectivity index (χ1v) is 11.6. The lowest BCUT2D eigenvalue weighted by atomic mass is 9.96. The van der Waals surface area contributed by atoms with Gasteiger partial charge in [0.1, 0.15) is 23.3 Å². The Morgan fingerprint density at radius 1 is 1.31 bits per heavy atom. The van der Waals surface area contributed by atoms with Crippen LogP contribution in [0.1, 0.15) is 25.0 Å². The molecule has 0 atom stereocenters. The van der Waals surface area contributed by atoms with E-state index in [2.05, 4.69) is 10.3 Å². The number of thiazole rings is 1. The summed E-state index contributed by atoms with van der Waals surface area (Å²) in [5.74, 6) is 0.931. The number of allylic oxidation sites excluding steroid dienone is 1. The standard InChI is InChI=1S/C25H23N3O6S/c1-5-33-17-8-6-16(7-9-17)20-13-34-24-15(3)23(32-4)18(11-19(20)24)14(2)10-21(29)27-25-26-12-22(35-25)28(30)31/h6-13H,5H2,1-4H3,(H,26,27,29)/b14-10+. The van der Waals surface area contributed by atoms with Crippen LogP contribution in [-0.4, -0.2) is 29.5 Å². The zero-order chi connectivity index (χ0) is 25.1. The number of benzene rings is 2. The van der Waals surface area contributed by atoms with Crippen LogP contribution in [0.5, 0.6) is 11.5 Å². The topological polar surface area (TPSA) is 117 Å². The number of hydrogen-bond donors (Lipinski definition) is 1. The number of aromatic nitrogens is 1. The molecule has 1 amide bonds. The Balaban J connectivity index is 1.70. The molecule has 9 nitrogen and oxygen atoms in total. The van der Waals surface area contributed by atoms with E-state index in [1.165, 1.54) is 6.08 Å². The normalized spacial score (nSPS) is 11.5. The quantitative estimate of drug-likeness (QED) is 0.176. The molecule has 2 heterocycles. The first kappa shape index (κ1) is 24.0. The Kier molecular flexibility index (Phi) is 6.83. The largest absolute Gasteiger partial charge is 0.496 e. The molecule has 4 rings (SSSR count). The van der Waals surface area contributed by atoms with Gasteiger partial charge in [0.2, 0.25) is 5.91 Å². The molecule has 2 aromatic carbocycles. The fourth-order valence-electron chi connectivity index (χ4n) is 3.82. The van der Waals surface area contributed by atoms with Crippen molar-refractivity contribution in [2.24, 2.45) is 0 Å². The van der Waals surface area contributed by atoms with Crippen LogP contribution in [0.3, 0.4) is 0 Å². The van der Waals surface area contributed by atoms with Crippen LogP contribution in [0.15, 0.2) is 53.3 Å². The van der Waals surface area contributed by atoms with Gasteiger partial charge in [0.15, 0.2) is 5.13 Å². The Labute approximate surface area is 205 Å². The van der Waals surface area contributed by atoms with Gasteiger partial charge in [-0.2, -0.15) is 0 Å². The number of carbonyl (C=O) groups excluding carboxylic acids is 1. The van der Waals surface area contributed by atoms with Crippen molar-refractivity contribution in [1.82, 2.24) is 4.98 Å². The van der Waals surface area contributed by atoms with Crippen molar-refractivity contribution in [2.45, 2.75) is 20.8 Å². The summed E-state index contributed by atoms with van der Waals surface area (Å²) in [5, 5.41) is 14.3. The molecule has 10 heteroatoms. The van der Waals surface area contributed by atoms with Crippen molar-refractivity contribution in [3.63, 3.8) is 0 Å². The highest BCUT2D eigenvalue weighted by atomic mass is 32.1. The molecular weight excluding hydrogens is 470 g/mol. The molecule has 2 aromatic heterocycles. The molecule has 35 heavy (non-hydrogen) atoms. The predicted molar refractivity (Wildman–Crippen MR) is 135 cm³/mol. The number of carbonyl (C=O) groups is 1. The van der Waals surface area contributed by atoms with E-state index in [1.54, 1.807) is 20.3 Å². The third-order valence-corrected chi connectivity index (χ3v) is 6.26. The van der Waals surface area contributed by atoms with Crippen LogP contribution < -0.4 is 14.8 Å². The Bertz CT molecular complexity index is 1440. The van der Waals surface area contributed by atoms with Crippen molar-refractivity contribution in [3.05, 3.63) is 70.1 Å². The molecule has 0 bridgehead atoms. The zero-order valence-electron chi connectivity index (χ0n) is 19.6. The number of ether oxygens (including phenoxy) is 2. The molecular formula is C25H23N3O6S. The highest BCUT2D eigenvalue weighted by Crippen LogP contribution is 2.41. The first-order valence-electron chi connectivity index (χ1n) is 10.7. The lowest BCUT2D eigenvalue weighted by molar-refractivity contribution is -0.380. The summed E-state index contributed by atoms with van der Waals surface area (Å²) in [5.41, 5.74) is 4.75. The maximum absolute atomic E-state index is 12.6. The van der Waals surface area contributed by atoms with E-state index in [9.17, 15) is 14.9 Å². The highest BCUT2D eigenvalue weighted by molar-refractivity contribution is 7.18. The molecule has 0 spiro atoms. The van der Waals surface area contributed by atoms with Gasteiger partial charge in [-0.1, -0.05) is 12.1 Å². The number of aryl methyl sites for hydroxylation is 1. The van der Waals surface area contributed by atoms with Gasteiger partial charge in [0, 0.05) is 28.2 Å². The van der Waals surface area contributed by atoms with Crippen molar-refractivity contribution >= 4 is 43.9 Å². The van der Waals surface area contributed by atoms with Gasteiger partial charge in [0.05, 0.1) is 24.9 Å². The van der Waals surface area contributed by atoms with Crippen LogP contribution in [0.2, 0.25) is 0 Å². The number of anilines is 1. The summed E-state index contributed by atoms with van der Waals surface area (Å²) >= 11 is 0.791. The number of nitro groups is 1. The number of hydrogen-bond acceptors (Lipinski definition) is 8. The highest BCUT2D eigenvalue weighted by Gasteiger charge is 2.19. The summed E-state index contributed by atoms with van der Waals surface area (Å²) in [6.45, 7) is 6.23. The van der Waals surface area contributed by atoms with E-state index in [0.717, 1.165) is 50.9 Å². The lowest BCUT2D eigenvalue weighted by Gasteiger charge is -2.13. The van der Waals surface area contributed by atoms with Crippen molar-refractivity contribution < 1.29 is 23.6 Å². The molecule has 0 aliphatic heterocycles. The minimum Gasteiger partial charge on any atom is -0.496 e. The van der Waals surface area contributed by atoms with E-state index in [-0.39, 0.29) is 10.1 Å². The van der Waals surface area contributed by atoms with Gasteiger partial charge in [-0.05, 0) is 61.4 Å². The second-order valence-corrected chi connectivity index (χ2v) is 8.65. The van der Waals surface area contributed by atoms with Gasteiger partial charge in [-0.25, -0.2) is 4.98 Å². The summed E-state index contributed by atoms with van der Waals surface area (Å²) < 4.78 is 17.1. The van der Waals surface area contributed by atoms with E-state index in [4.69, 9.17) is 13.9 Å². The minimum atomic E-state index is -0.551. The molecule has 0 unspecified atom stereocenters. The number of rotatable bonds is 8. The summed E-state index contributed by atoms with van der Waals surface area (Å²) in [7, 11) is 1.57. The number of nitrogens with zero attached hydrogens (tertiary/aromatic N) is 2. The number of furan rings is 1. The van der Waals surface area contributed by atoms with Crippen LogP contribution >= 0.6 is 11.3 Å². The fraction of sp³-hybridized carbons (Fsp3) is 0.200. The molecule has 0 saturated heterocycles. The molecule has 0 aliphatic rings. The van der Waals surface area contributed by atoms with E-state index in [0.29, 0.717) is 23.5 Å². The lowest BCUT2D eigenvalue weighted by Crippen LogP contribution is -2.08. The van der Waals surface area contributed by atoms with Gasteiger partial charge in [0.25, 0.3) is 0 Å². The van der Waals surface area contributed by atoms with Crippen LogP contribution in [0.25, 0.3) is 27.7 Å². The average Bonchev–Trinajstić information content (AvgIpc) is 3.47. The zero-order valence-corrected chi connectivity index (χ0v) is 20.4. The van der Waals surface area contributed by atoms with Crippen LogP contribution in [0, 0.1) is 17.0 Å². The second-order valence-electron chi connectivity index (χ2n) is 7.64. The van der Waals surface area contributed by atoms with Gasteiger partial charge >= 0.3 is 5.00 Å². The molecule has 0 fully saturated rings. The average molecular weight is 494 g/mol. The number of nitrogens with one attached hydrogen (secondary N) is 1. The van der Waals surface area contributed by atoms with E-state index >= 15 is 0 Å². The number of amides is 1. The van der Waals surface area contributed by atoms with Crippen molar-refractivity contribution in [2.75, 3.05) is 19.0 Å². The van der Waals surface area contributed by atoms with Gasteiger partial charge in [-0.3, -0.25) is 20.2 Å². The van der Waals surface area contributed by atoms with E-state index < -0.39 is 10.8 Å². The molecule has 0 radical (unpaired) electrons. The molecule has 4 aromatic rings. The monoisotopic (exact) mass is 493 g/mol. The summed E-state index contributed by atoms with van der Waals surface area (Å²) in [6.07, 6.45) is 4.23. The molecule has 0 aliphatic carbocycles. The second kappa shape index (κ2) is 9.98.